The third-order valence-electron chi connectivity index (χ3n) is 5.49. The standard InChI is InChI=1S/C17H28O3/c1-13(2)14(18)20-15(3)10-11-16(4,19)17(12-15)8-6-5-7-9-17/h19H,1,5-12H2,2-4H3. The van der Waals surface area contributed by atoms with Gasteiger partial charge < -0.3 is 9.84 Å². The summed E-state index contributed by atoms with van der Waals surface area (Å²) in [7, 11) is 0. The summed E-state index contributed by atoms with van der Waals surface area (Å²) in [5, 5.41) is 10.9. The molecule has 2 aliphatic rings. The lowest BCUT2D eigenvalue weighted by molar-refractivity contribution is -0.194. The van der Waals surface area contributed by atoms with Gasteiger partial charge in [-0.2, -0.15) is 0 Å². The smallest absolute Gasteiger partial charge is 0.333 e. The van der Waals surface area contributed by atoms with E-state index in [4.69, 9.17) is 4.74 Å². The number of esters is 1. The minimum Gasteiger partial charge on any atom is -0.456 e. The lowest BCUT2D eigenvalue weighted by Gasteiger charge is -2.56. The first-order valence-electron chi connectivity index (χ1n) is 7.81. The summed E-state index contributed by atoms with van der Waals surface area (Å²) in [5.74, 6) is -0.306. The molecule has 2 atom stereocenters. The van der Waals surface area contributed by atoms with Crippen molar-refractivity contribution >= 4 is 5.97 Å². The van der Waals surface area contributed by atoms with E-state index in [9.17, 15) is 9.90 Å². The van der Waals surface area contributed by atoms with Crippen LogP contribution in [0, 0.1) is 5.41 Å². The molecule has 0 radical (unpaired) electrons. The van der Waals surface area contributed by atoms with Crippen molar-refractivity contribution in [1.82, 2.24) is 0 Å². The van der Waals surface area contributed by atoms with Gasteiger partial charge in [0.2, 0.25) is 0 Å². The topological polar surface area (TPSA) is 46.5 Å². The van der Waals surface area contributed by atoms with E-state index >= 15 is 0 Å². The monoisotopic (exact) mass is 280 g/mol. The number of carbonyl (C=O) groups excluding carboxylic acids is 1. The molecule has 0 bridgehead atoms. The van der Waals surface area contributed by atoms with Crippen LogP contribution in [0.4, 0.5) is 0 Å². The zero-order valence-corrected chi connectivity index (χ0v) is 13.1. The molecule has 0 aromatic carbocycles. The van der Waals surface area contributed by atoms with Crippen LogP contribution in [0.25, 0.3) is 0 Å². The van der Waals surface area contributed by atoms with Gasteiger partial charge in [-0.1, -0.05) is 25.8 Å². The Morgan fingerprint density at radius 3 is 2.25 bits per heavy atom. The van der Waals surface area contributed by atoms with Gasteiger partial charge in [-0.05, 0) is 52.9 Å². The summed E-state index contributed by atoms with van der Waals surface area (Å²) in [6.45, 7) is 9.33. The quantitative estimate of drug-likeness (QED) is 0.619. The minimum atomic E-state index is -0.636. The third-order valence-corrected chi connectivity index (χ3v) is 5.49. The highest BCUT2D eigenvalue weighted by molar-refractivity contribution is 5.87. The van der Waals surface area contributed by atoms with Crippen molar-refractivity contribution in [3.05, 3.63) is 12.2 Å². The van der Waals surface area contributed by atoms with Crippen molar-refractivity contribution in [2.45, 2.75) is 83.3 Å². The molecule has 0 aliphatic heterocycles. The molecule has 0 aromatic heterocycles. The first kappa shape index (κ1) is 15.6. The molecular weight excluding hydrogens is 252 g/mol. The van der Waals surface area contributed by atoms with E-state index in [-0.39, 0.29) is 11.4 Å². The van der Waals surface area contributed by atoms with E-state index in [0.29, 0.717) is 12.0 Å². The van der Waals surface area contributed by atoms with E-state index in [2.05, 4.69) is 6.58 Å². The average Bonchev–Trinajstić information content (AvgIpc) is 2.36. The van der Waals surface area contributed by atoms with Gasteiger partial charge >= 0.3 is 5.97 Å². The van der Waals surface area contributed by atoms with Crippen molar-refractivity contribution in [1.29, 1.82) is 0 Å². The van der Waals surface area contributed by atoms with E-state index in [1.165, 1.54) is 19.3 Å². The minimum absolute atomic E-state index is 0.0897. The van der Waals surface area contributed by atoms with Gasteiger partial charge in [-0.15, -0.1) is 0 Å². The van der Waals surface area contributed by atoms with Crippen LogP contribution in [-0.4, -0.2) is 22.3 Å². The molecule has 2 fully saturated rings. The fourth-order valence-electron chi connectivity index (χ4n) is 4.11. The maximum absolute atomic E-state index is 11.9. The van der Waals surface area contributed by atoms with E-state index < -0.39 is 11.2 Å². The van der Waals surface area contributed by atoms with Crippen LogP contribution >= 0.6 is 0 Å². The van der Waals surface area contributed by atoms with E-state index in [1.54, 1.807) is 6.92 Å². The second-order valence-corrected chi connectivity index (χ2v) is 7.41. The average molecular weight is 280 g/mol. The molecule has 3 heteroatoms. The Labute approximate surface area is 122 Å². The summed E-state index contributed by atoms with van der Waals surface area (Å²) < 4.78 is 5.71. The van der Waals surface area contributed by atoms with Crippen molar-refractivity contribution in [2.24, 2.45) is 5.41 Å². The normalized spacial score (nSPS) is 36.6. The maximum Gasteiger partial charge on any atom is 0.333 e. The molecule has 2 unspecified atom stereocenters. The molecule has 2 rings (SSSR count). The molecule has 0 saturated heterocycles. The molecule has 0 heterocycles. The number of hydrogen-bond donors (Lipinski definition) is 1. The van der Waals surface area contributed by atoms with Gasteiger partial charge in [0, 0.05) is 11.0 Å². The Morgan fingerprint density at radius 1 is 1.10 bits per heavy atom. The number of aliphatic hydroxyl groups is 1. The Kier molecular flexibility index (Phi) is 4.03. The zero-order valence-electron chi connectivity index (χ0n) is 13.1. The maximum atomic E-state index is 11.9. The zero-order chi connectivity index (χ0) is 15.0. The van der Waals surface area contributed by atoms with Crippen LogP contribution in [0.15, 0.2) is 12.2 Å². The van der Waals surface area contributed by atoms with Crippen LogP contribution in [-0.2, 0) is 9.53 Å². The number of hydrogen-bond acceptors (Lipinski definition) is 3. The molecule has 114 valence electrons. The Hall–Kier alpha value is -0.830. The van der Waals surface area contributed by atoms with Gasteiger partial charge in [0.15, 0.2) is 0 Å². The molecule has 1 spiro atoms. The van der Waals surface area contributed by atoms with Gasteiger partial charge in [-0.25, -0.2) is 4.79 Å². The lowest BCUT2D eigenvalue weighted by Crippen LogP contribution is -2.57. The van der Waals surface area contributed by atoms with Crippen LogP contribution < -0.4 is 0 Å². The number of carbonyl (C=O) groups is 1. The predicted molar refractivity (Wildman–Crippen MR) is 79.3 cm³/mol. The fraction of sp³-hybridized carbons (Fsp3) is 0.824. The van der Waals surface area contributed by atoms with Crippen LogP contribution in [0.5, 0.6) is 0 Å². The highest BCUT2D eigenvalue weighted by Gasteiger charge is 2.55. The second kappa shape index (κ2) is 5.18. The fourth-order valence-corrected chi connectivity index (χ4v) is 4.11. The van der Waals surface area contributed by atoms with Crippen molar-refractivity contribution in [3.63, 3.8) is 0 Å². The van der Waals surface area contributed by atoms with Crippen molar-refractivity contribution in [3.8, 4) is 0 Å². The van der Waals surface area contributed by atoms with E-state index in [0.717, 1.165) is 25.7 Å². The van der Waals surface area contributed by atoms with Crippen molar-refractivity contribution < 1.29 is 14.6 Å². The number of ether oxygens (including phenoxy) is 1. The van der Waals surface area contributed by atoms with Gasteiger partial charge in [0.05, 0.1) is 5.60 Å². The van der Waals surface area contributed by atoms with E-state index in [1.807, 2.05) is 13.8 Å². The summed E-state index contributed by atoms with van der Waals surface area (Å²) in [6.07, 6.45) is 7.86. The largest absolute Gasteiger partial charge is 0.456 e. The van der Waals surface area contributed by atoms with Crippen LogP contribution in [0.2, 0.25) is 0 Å². The molecule has 2 saturated carbocycles. The molecule has 3 nitrogen and oxygen atoms in total. The van der Waals surface area contributed by atoms with Crippen molar-refractivity contribution in [2.75, 3.05) is 0 Å². The molecule has 0 amide bonds. The molecule has 20 heavy (non-hydrogen) atoms. The summed E-state index contributed by atoms with van der Waals surface area (Å²) >= 11 is 0. The summed E-state index contributed by atoms with van der Waals surface area (Å²) in [5.41, 5.74) is -0.743. The second-order valence-electron chi connectivity index (χ2n) is 7.41. The molecule has 0 aromatic rings. The number of rotatable bonds is 2. The van der Waals surface area contributed by atoms with Gasteiger partial charge in [0.25, 0.3) is 0 Å². The van der Waals surface area contributed by atoms with Gasteiger partial charge in [-0.3, -0.25) is 0 Å². The molecule has 1 N–H and O–H groups in total. The van der Waals surface area contributed by atoms with Crippen LogP contribution in [0.1, 0.15) is 72.1 Å². The highest BCUT2D eigenvalue weighted by Crippen LogP contribution is 2.56. The van der Waals surface area contributed by atoms with Crippen LogP contribution in [0.3, 0.4) is 0 Å². The Bertz CT molecular complexity index is 404. The summed E-state index contributed by atoms with van der Waals surface area (Å²) in [6, 6.07) is 0. The SMILES string of the molecule is C=C(C)C(=O)OC1(C)CCC(C)(O)C2(CCCCC2)C1. The molecular formula is C17H28O3. The first-order valence-corrected chi connectivity index (χ1v) is 7.81. The Morgan fingerprint density at radius 2 is 1.70 bits per heavy atom. The Balaban J connectivity index is 2.19. The predicted octanol–water partition coefficient (Wildman–Crippen LogP) is 3.75. The van der Waals surface area contributed by atoms with Gasteiger partial charge in [0.1, 0.15) is 5.60 Å². The first-order chi connectivity index (χ1) is 9.20. The third kappa shape index (κ3) is 2.78. The lowest BCUT2D eigenvalue weighted by atomic mass is 9.54. The highest BCUT2D eigenvalue weighted by atomic mass is 16.6. The summed E-state index contributed by atoms with van der Waals surface area (Å²) in [4.78, 5) is 11.9. The molecule has 2 aliphatic carbocycles.